The van der Waals surface area contributed by atoms with Crippen LogP contribution in [-0.2, 0) is 0 Å². The van der Waals surface area contributed by atoms with Crippen molar-refractivity contribution in [3.8, 4) is 0 Å². The van der Waals surface area contributed by atoms with Gasteiger partial charge >= 0.3 is 0 Å². The third-order valence-corrected chi connectivity index (χ3v) is 3.22. The topological polar surface area (TPSA) is 12.0 Å². The first-order valence-electron chi connectivity index (χ1n) is 5.50. The first kappa shape index (κ1) is 10.0. The molecule has 0 aromatic heterocycles. The Kier molecular flexibility index (Phi) is 4.07. The summed E-state index contributed by atoms with van der Waals surface area (Å²) in [6.45, 7) is 6.94. The van der Waals surface area contributed by atoms with Gasteiger partial charge < -0.3 is 5.32 Å². The Bertz CT molecular complexity index is 122. The largest absolute Gasteiger partial charge is 0.311 e. The van der Waals surface area contributed by atoms with Crippen molar-refractivity contribution in [3.05, 3.63) is 0 Å². The second kappa shape index (κ2) is 4.86. The van der Waals surface area contributed by atoms with E-state index < -0.39 is 0 Å². The zero-order valence-electron chi connectivity index (χ0n) is 8.77. The highest BCUT2D eigenvalue weighted by Gasteiger charge is 2.21. The van der Waals surface area contributed by atoms with Crippen LogP contribution in [0, 0.1) is 5.92 Å². The highest BCUT2D eigenvalue weighted by molar-refractivity contribution is 4.79. The first-order valence-corrected chi connectivity index (χ1v) is 5.50. The van der Waals surface area contributed by atoms with Crippen molar-refractivity contribution in [3.63, 3.8) is 0 Å². The summed E-state index contributed by atoms with van der Waals surface area (Å²) in [6, 6.07) is 1.50. The van der Waals surface area contributed by atoms with Crippen molar-refractivity contribution in [2.45, 2.75) is 65.0 Å². The van der Waals surface area contributed by atoms with Gasteiger partial charge in [0, 0.05) is 12.1 Å². The Hall–Kier alpha value is -0.0400. The van der Waals surface area contributed by atoms with Gasteiger partial charge in [-0.2, -0.15) is 0 Å². The molecule has 1 heteroatoms. The molecule has 1 rings (SSSR count). The van der Waals surface area contributed by atoms with Gasteiger partial charge in [0.25, 0.3) is 0 Å². The molecule has 1 N–H and O–H groups in total. The van der Waals surface area contributed by atoms with Gasteiger partial charge in [0.15, 0.2) is 0 Å². The molecular formula is C11H23N. The average Bonchev–Trinajstić information content (AvgIpc) is 2.09. The third kappa shape index (κ3) is 2.78. The predicted octanol–water partition coefficient (Wildman–Crippen LogP) is 2.95. The van der Waals surface area contributed by atoms with E-state index in [4.69, 9.17) is 0 Å². The molecule has 1 aliphatic carbocycles. The number of nitrogens with one attached hydrogen (secondary N) is 1. The van der Waals surface area contributed by atoms with Crippen LogP contribution in [-0.4, -0.2) is 12.1 Å². The standard InChI is InChI=1S/C11H23N/c1-4-10(3)12-11-8-6-5-7-9(11)2/h9-12H,4-8H2,1-3H3/t9-,10+,11-/m0/s1. The van der Waals surface area contributed by atoms with Crippen molar-refractivity contribution in [2.24, 2.45) is 5.92 Å². The van der Waals surface area contributed by atoms with Gasteiger partial charge in [0.1, 0.15) is 0 Å². The van der Waals surface area contributed by atoms with Gasteiger partial charge in [-0.25, -0.2) is 0 Å². The maximum absolute atomic E-state index is 3.72. The van der Waals surface area contributed by atoms with E-state index in [1.807, 2.05) is 0 Å². The number of hydrogen-bond acceptors (Lipinski definition) is 1. The van der Waals surface area contributed by atoms with Crippen molar-refractivity contribution < 1.29 is 0 Å². The smallest absolute Gasteiger partial charge is 0.00951 e. The molecule has 0 amide bonds. The van der Waals surface area contributed by atoms with E-state index in [0.29, 0.717) is 6.04 Å². The number of hydrogen-bond donors (Lipinski definition) is 1. The van der Waals surface area contributed by atoms with E-state index in [-0.39, 0.29) is 0 Å². The second-order valence-electron chi connectivity index (χ2n) is 4.34. The molecule has 0 unspecified atom stereocenters. The summed E-state index contributed by atoms with van der Waals surface area (Å²) >= 11 is 0. The molecule has 72 valence electrons. The Labute approximate surface area is 76.9 Å². The molecule has 0 saturated heterocycles. The fourth-order valence-corrected chi connectivity index (χ4v) is 2.05. The molecule has 1 nitrogen and oxygen atoms in total. The zero-order chi connectivity index (χ0) is 8.97. The Morgan fingerprint density at radius 1 is 1.33 bits per heavy atom. The van der Waals surface area contributed by atoms with Crippen LogP contribution in [0.5, 0.6) is 0 Å². The molecule has 0 aromatic carbocycles. The maximum atomic E-state index is 3.72. The van der Waals surface area contributed by atoms with Crippen LogP contribution in [0.25, 0.3) is 0 Å². The quantitative estimate of drug-likeness (QED) is 0.685. The minimum absolute atomic E-state index is 0.704. The fraction of sp³-hybridized carbons (Fsp3) is 1.00. The average molecular weight is 169 g/mol. The van der Waals surface area contributed by atoms with Crippen molar-refractivity contribution >= 4 is 0 Å². The fourth-order valence-electron chi connectivity index (χ4n) is 2.05. The highest BCUT2D eigenvalue weighted by atomic mass is 14.9. The predicted molar refractivity (Wildman–Crippen MR) is 54.3 cm³/mol. The SMILES string of the molecule is CC[C@@H](C)N[C@H]1CCCC[C@@H]1C. The molecule has 0 radical (unpaired) electrons. The summed E-state index contributed by atoms with van der Waals surface area (Å²) in [4.78, 5) is 0. The van der Waals surface area contributed by atoms with Crippen molar-refractivity contribution in [2.75, 3.05) is 0 Å². The summed E-state index contributed by atoms with van der Waals surface area (Å²) < 4.78 is 0. The molecule has 3 atom stereocenters. The molecule has 1 aliphatic rings. The lowest BCUT2D eigenvalue weighted by atomic mass is 9.85. The lowest BCUT2D eigenvalue weighted by Crippen LogP contribution is -2.41. The van der Waals surface area contributed by atoms with E-state index in [1.165, 1.54) is 32.1 Å². The third-order valence-electron chi connectivity index (χ3n) is 3.22. The van der Waals surface area contributed by atoms with Crippen LogP contribution < -0.4 is 5.32 Å². The van der Waals surface area contributed by atoms with E-state index in [1.54, 1.807) is 0 Å². The number of rotatable bonds is 3. The van der Waals surface area contributed by atoms with Gasteiger partial charge in [0.05, 0.1) is 0 Å². The summed E-state index contributed by atoms with van der Waals surface area (Å²) in [5.41, 5.74) is 0. The maximum Gasteiger partial charge on any atom is 0.00951 e. The van der Waals surface area contributed by atoms with E-state index in [0.717, 1.165) is 12.0 Å². The Morgan fingerprint density at radius 3 is 2.58 bits per heavy atom. The van der Waals surface area contributed by atoms with Crippen LogP contribution in [0.4, 0.5) is 0 Å². The molecular weight excluding hydrogens is 146 g/mol. The lowest BCUT2D eigenvalue weighted by molar-refractivity contribution is 0.260. The molecule has 1 fully saturated rings. The zero-order valence-corrected chi connectivity index (χ0v) is 8.77. The van der Waals surface area contributed by atoms with Crippen LogP contribution in [0.1, 0.15) is 52.9 Å². The summed E-state index contributed by atoms with van der Waals surface area (Å²) in [6.07, 6.45) is 6.95. The highest BCUT2D eigenvalue weighted by Crippen LogP contribution is 2.24. The van der Waals surface area contributed by atoms with Crippen molar-refractivity contribution in [1.82, 2.24) is 5.32 Å². The molecule has 12 heavy (non-hydrogen) atoms. The van der Waals surface area contributed by atoms with Crippen LogP contribution in [0.2, 0.25) is 0 Å². The molecule has 0 aromatic rings. The molecule has 0 spiro atoms. The van der Waals surface area contributed by atoms with E-state index in [9.17, 15) is 0 Å². The summed E-state index contributed by atoms with van der Waals surface area (Å²) in [5, 5.41) is 3.72. The molecule has 0 heterocycles. The molecule has 0 aliphatic heterocycles. The van der Waals surface area contributed by atoms with Crippen LogP contribution >= 0.6 is 0 Å². The monoisotopic (exact) mass is 169 g/mol. The van der Waals surface area contributed by atoms with Gasteiger partial charge in [-0.05, 0) is 32.1 Å². The van der Waals surface area contributed by atoms with E-state index >= 15 is 0 Å². The Morgan fingerprint density at radius 2 is 2.00 bits per heavy atom. The first-order chi connectivity index (χ1) is 5.74. The molecule has 1 saturated carbocycles. The normalized spacial score (nSPS) is 33.2. The molecule has 0 bridgehead atoms. The van der Waals surface area contributed by atoms with Crippen molar-refractivity contribution in [1.29, 1.82) is 0 Å². The minimum Gasteiger partial charge on any atom is -0.311 e. The summed E-state index contributed by atoms with van der Waals surface area (Å²) in [7, 11) is 0. The van der Waals surface area contributed by atoms with Gasteiger partial charge in [-0.1, -0.05) is 26.7 Å². The van der Waals surface area contributed by atoms with Gasteiger partial charge in [0.2, 0.25) is 0 Å². The van der Waals surface area contributed by atoms with Crippen LogP contribution in [0.3, 0.4) is 0 Å². The second-order valence-corrected chi connectivity index (χ2v) is 4.34. The summed E-state index contributed by atoms with van der Waals surface area (Å²) in [5.74, 6) is 0.896. The Balaban J connectivity index is 2.28. The lowest BCUT2D eigenvalue weighted by Gasteiger charge is -2.31. The van der Waals surface area contributed by atoms with Crippen LogP contribution in [0.15, 0.2) is 0 Å². The minimum atomic E-state index is 0.704. The van der Waals surface area contributed by atoms with E-state index in [2.05, 4.69) is 26.1 Å². The van der Waals surface area contributed by atoms with Gasteiger partial charge in [-0.15, -0.1) is 0 Å². The van der Waals surface area contributed by atoms with Gasteiger partial charge in [-0.3, -0.25) is 0 Å².